The standard InChI is InChI=1S/C20H23NO5S/c1-14-13-20(22,10-11-26-14)17-4-3-5-19(12-17)27(24,25)18-8-6-16(7-9-18)15(2)21-23/h3-9,12,14,22-23H,10-11,13H2,1-2H3/t14-,20+/m0/s1. The van der Waals surface area contributed by atoms with Gasteiger partial charge >= 0.3 is 0 Å². The maximum atomic E-state index is 13.0. The average molecular weight is 389 g/mol. The van der Waals surface area contributed by atoms with Gasteiger partial charge in [-0.1, -0.05) is 29.4 Å². The summed E-state index contributed by atoms with van der Waals surface area (Å²) in [6.45, 7) is 3.95. The van der Waals surface area contributed by atoms with Crippen LogP contribution in [0.3, 0.4) is 0 Å². The molecule has 144 valence electrons. The number of nitrogens with zero attached hydrogens (tertiary/aromatic N) is 1. The van der Waals surface area contributed by atoms with Crippen molar-refractivity contribution in [1.29, 1.82) is 0 Å². The fourth-order valence-electron chi connectivity index (χ4n) is 3.35. The molecular weight excluding hydrogens is 366 g/mol. The molecule has 2 aromatic rings. The van der Waals surface area contributed by atoms with E-state index < -0.39 is 15.4 Å². The van der Waals surface area contributed by atoms with Crippen molar-refractivity contribution < 1.29 is 23.5 Å². The number of hydrogen-bond donors (Lipinski definition) is 2. The van der Waals surface area contributed by atoms with Crippen LogP contribution in [0.1, 0.15) is 37.8 Å². The van der Waals surface area contributed by atoms with Gasteiger partial charge in [0, 0.05) is 12.8 Å². The van der Waals surface area contributed by atoms with Gasteiger partial charge in [0.25, 0.3) is 0 Å². The lowest BCUT2D eigenvalue weighted by Crippen LogP contribution is -2.37. The fourth-order valence-corrected chi connectivity index (χ4v) is 4.66. The molecule has 1 heterocycles. The van der Waals surface area contributed by atoms with Gasteiger partial charge in [0.05, 0.1) is 33.8 Å². The minimum atomic E-state index is -3.73. The summed E-state index contributed by atoms with van der Waals surface area (Å²) in [4.78, 5) is 0.273. The van der Waals surface area contributed by atoms with E-state index in [1.54, 1.807) is 37.3 Å². The maximum Gasteiger partial charge on any atom is 0.206 e. The second-order valence-corrected chi connectivity index (χ2v) is 8.86. The molecule has 1 saturated heterocycles. The summed E-state index contributed by atoms with van der Waals surface area (Å²) < 4.78 is 31.5. The summed E-state index contributed by atoms with van der Waals surface area (Å²) in [6, 6.07) is 12.6. The first-order valence-corrected chi connectivity index (χ1v) is 10.2. The number of benzene rings is 2. The highest BCUT2D eigenvalue weighted by Crippen LogP contribution is 2.36. The van der Waals surface area contributed by atoms with Crippen LogP contribution in [0.5, 0.6) is 0 Å². The molecule has 0 bridgehead atoms. The van der Waals surface area contributed by atoms with E-state index >= 15 is 0 Å². The molecule has 0 spiro atoms. The van der Waals surface area contributed by atoms with Gasteiger partial charge < -0.3 is 15.1 Å². The Balaban J connectivity index is 1.96. The van der Waals surface area contributed by atoms with Crippen molar-refractivity contribution in [3.8, 4) is 0 Å². The van der Waals surface area contributed by atoms with Crippen LogP contribution in [-0.2, 0) is 20.2 Å². The summed E-state index contributed by atoms with van der Waals surface area (Å²) >= 11 is 0. The molecule has 6 nitrogen and oxygen atoms in total. The van der Waals surface area contributed by atoms with E-state index in [1.807, 2.05) is 6.92 Å². The van der Waals surface area contributed by atoms with E-state index in [-0.39, 0.29) is 15.9 Å². The molecule has 3 rings (SSSR count). The first-order valence-electron chi connectivity index (χ1n) is 8.75. The molecule has 2 atom stereocenters. The zero-order valence-corrected chi connectivity index (χ0v) is 16.1. The van der Waals surface area contributed by atoms with Crippen LogP contribution in [-0.4, -0.2) is 37.2 Å². The van der Waals surface area contributed by atoms with Gasteiger partial charge in [-0.25, -0.2) is 8.42 Å². The first-order chi connectivity index (χ1) is 12.8. The molecule has 0 unspecified atom stereocenters. The molecule has 0 aliphatic carbocycles. The first kappa shape index (κ1) is 19.5. The van der Waals surface area contributed by atoms with Crippen molar-refractivity contribution in [2.75, 3.05) is 6.61 Å². The largest absolute Gasteiger partial charge is 0.411 e. The van der Waals surface area contributed by atoms with Crippen LogP contribution >= 0.6 is 0 Å². The Labute approximate surface area is 159 Å². The van der Waals surface area contributed by atoms with Crippen LogP contribution in [0.4, 0.5) is 0 Å². The van der Waals surface area contributed by atoms with Crippen LogP contribution in [0, 0.1) is 0 Å². The highest BCUT2D eigenvalue weighted by atomic mass is 32.2. The van der Waals surface area contributed by atoms with Crippen molar-refractivity contribution >= 4 is 15.5 Å². The predicted molar refractivity (Wildman–Crippen MR) is 101 cm³/mol. The third-order valence-electron chi connectivity index (χ3n) is 4.96. The number of hydrogen-bond acceptors (Lipinski definition) is 6. The van der Waals surface area contributed by atoms with Gasteiger partial charge in [-0.15, -0.1) is 0 Å². The molecule has 2 N–H and O–H groups in total. The molecule has 0 aromatic heterocycles. The smallest absolute Gasteiger partial charge is 0.206 e. The maximum absolute atomic E-state index is 13.0. The van der Waals surface area contributed by atoms with Crippen molar-refractivity contribution in [1.82, 2.24) is 0 Å². The summed E-state index contributed by atoms with van der Waals surface area (Å²) in [5.41, 5.74) is 0.521. The van der Waals surface area contributed by atoms with Crippen molar-refractivity contribution in [2.24, 2.45) is 5.16 Å². The number of sulfone groups is 1. The van der Waals surface area contributed by atoms with Gasteiger partial charge in [-0.05, 0) is 49.2 Å². The molecule has 1 aliphatic heterocycles. The van der Waals surface area contributed by atoms with Gasteiger partial charge in [0.1, 0.15) is 0 Å². The molecule has 0 radical (unpaired) electrons. The Bertz CT molecular complexity index is 953. The molecule has 2 aromatic carbocycles. The number of oxime groups is 1. The van der Waals surface area contributed by atoms with E-state index in [9.17, 15) is 13.5 Å². The minimum absolute atomic E-state index is 0.0898. The Morgan fingerprint density at radius 3 is 2.52 bits per heavy atom. The number of ether oxygens (including phenoxy) is 1. The quantitative estimate of drug-likeness (QED) is 0.476. The molecule has 7 heteroatoms. The lowest BCUT2D eigenvalue weighted by atomic mass is 9.84. The van der Waals surface area contributed by atoms with Crippen LogP contribution in [0.2, 0.25) is 0 Å². The van der Waals surface area contributed by atoms with Gasteiger partial charge in [-0.3, -0.25) is 0 Å². The summed E-state index contributed by atoms with van der Waals surface area (Å²) in [7, 11) is -3.73. The van der Waals surface area contributed by atoms with E-state index in [0.717, 1.165) is 0 Å². The van der Waals surface area contributed by atoms with Gasteiger partial charge in [0.2, 0.25) is 9.84 Å². The highest BCUT2D eigenvalue weighted by molar-refractivity contribution is 7.91. The monoisotopic (exact) mass is 389 g/mol. The lowest BCUT2D eigenvalue weighted by molar-refractivity contribution is -0.101. The SMILES string of the molecule is CC(=NO)c1ccc(S(=O)(=O)c2cccc([C@@]3(O)CCO[C@@H](C)C3)c2)cc1. The zero-order valence-electron chi connectivity index (χ0n) is 15.3. The highest BCUT2D eigenvalue weighted by Gasteiger charge is 2.35. The summed E-state index contributed by atoms with van der Waals surface area (Å²) in [5.74, 6) is 0. The van der Waals surface area contributed by atoms with E-state index in [0.29, 0.717) is 36.3 Å². The Kier molecular flexibility index (Phi) is 5.37. The molecule has 1 fully saturated rings. The molecule has 1 aliphatic rings. The summed E-state index contributed by atoms with van der Waals surface area (Å²) in [5, 5.41) is 22.9. The average Bonchev–Trinajstić information content (AvgIpc) is 2.67. The fraction of sp³-hybridized carbons (Fsp3) is 0.350. The predicted octanol–water partition coefficient (Wildman–Crippen LogP) is 3.10. The minimum Gasteiger partial charge on any atom is -0.411 e. The second-order valence-electron chi connectivity index (χ2n) is 6.91. The van der Waals surface area contributed by atoms with Gasteiger partial charge in [0.15, 0.2) is 0 Å². The topological polar surface area (TPSA) is 96.2 Å². The lowest BCUT2D eigenvalue weighted by Gasteiger charge is -2.36. The van der Waals surface area contributed by atoms with E-state index in [2.05, 4.69) is 5.16 Å². The number of rotatable bonds is 4. The van der Waals surface area contributed by atoms with Gasteiger partial charge in [-0.2, -0.15) is 0 Å². The third-order valence-corrected chi connectivity index (χ3v) is 6.72. The Hall–Kier alpha value is -2.22. The van der Waals surface area contributed by atoms with Crippen LogP contribution in [0.15, 0.2) is 63.5 Å². The van der Waals surface area contributed by atoms with Crippen molar-refractivity contribution in [3.05, 3.63) is 59.7 Å². The van der Waals surface area contributed by atoms with Crippen LogP contribution in [0.25, 0.3) is 0 Å². The van der Waals surface area contributed by atoms with Crippen LogP contribution < -0.4 is 0 Å². The Morgan fingerprint density at radius 1 is 1.19 bits per heavy atom. The van der Waals surface area contributed by atoms with E-state index in [1.165, 1.54) is 18.2 Å². The third kappa shape index (κ3) is 3.90. The molecular formula is C20H23NO5S. The van der Waals surface area contributed by atoms with Crippen molar-refractivity contribution in [3.63, 3.8) is 0 Å². The Morgan fingerprint density at radius 2 is 1.89 bits per heavy atom. The van der Waals surface area contributed by atoms with Crippen molar-refractivity contribution in [2.45, 2.75) is 48.2 Å². The normalized spacial score (nSPS) is 24.0. The zero-order chi connectivity index (χ0) is 19.7. The number of aliphatic hydroxyl groups is 1. The van der Waals surface area contributed by atoms with E-state index in [4.69, 9.17) is 9.94 Å². The molecule has 27 heavy (non-hydrogen) atoms. The molecule has 0 amide bonds. The molecule has 0 saturated carbocycles. The second kappa shape index (κ2) is 7.42. The summed E-state index contributed by atoms with van der Waals surface area (Å²) in [6.07, 6.45) is 0.758.